The lowest BCUT2D eigenvalue weighted by Gasteiger charge is -2.33. The molecule has 4 nitrogen and oxygen atoms in total. The van der Waals surface area contributed by atoms with Crippen molar-refractivity contribution < 1.29 is 19.4 Å². The highest BCUT2D eigenvalue weighted by molar-refractivity contribution is 6.26. The van der Waals surface area contributed by atoms with Crippen LogP contribution < -0.4 is 0 Å². The molecule has 1 aromatic carbocycles. The number of ether oxygens (including phenoxy) is 1. The quantitative estimate of drug-likeness (QED) is 0.898. The number of benzene rings is 1. The molecular weight excluding hydrogens is 256 g/mol. The second kappa shape index (κ2) is 4.87. The van der Waals surface area contributed by atoms with Gasteiger partial charge < -0.3 is 9.84 Å². The van der Waals surface area contributed by atoms with Gasteiger partial charge in [0.1, 0.15) is 0 Å². The van der Waals surface area contributed by atoms with Crippen LogP contribution in [0.15, 0.2) is 35.6 Å². The van der Waals surface area contributed by atoms with Gasteiger partial charge in [-0.2, -0.15) is 0 Å². The second-order valence-corrected chi connectivity index (χ2v) is 5.24. The Hall–Kier alpha value is -1.94. The predicted octanol–water partition coefficient (Wildman–Crippen LogP) is 2.47. The molecule has 1 aliphatic heterocycles. The SMILES string of the molecule is CCC[C@@H]1CC(O)OC2=C1C(=O)c1ccccc1C2=O. The van der Waals surface area contributed by atoms with Crippen molar-refractivity contribution in [1.29, 1.82) is 0 Å². The fraction of sp³-hybridized carbons (Fsp3) is 0.375. The predicted molar refractivity (Wildman–Crippen MR) is 72.2 cm³/mol. The van der Waals surface area contributed by atoms with Crippen molar-refractivity contribution in [2.75, 3.05) is 0 Å². The third kappa shape index (κ3) is 1.88. The van der Waals surface area contributed by atoms with Crippen LogP contribution in [0.2, 0.25) is 0 Å². The Balaban J connectivity index is 2.14. The molecular formula is C16H16O4. The largest absolute Gasteiger partial charge is 0.461 e. The van der Waals surface area contributed by atoms with E-state index >= 15 is 0 Å². The van der Waals surface area contributed by atoms with Crippen LogP contribution in [0.3, 0.4) is 0 Å². The van der Waals surface area contributed by atoms with Crippen LogP contribution in [-0.4, -0.2) is 23.0 Å². The molecule has 1 unspecified atom stereocenters. The molecule has 0 spiro atoms. The fourth-order valence-electron chi connectivity index (χ4n) is 3.02. The van der Waals surface area contributed by atoms with Gasteiger partial charge in [0.2, 0.25) is 5.78 Å². The van der Waals surface area contributed by atoms with Crippen LogP contribution in [0.1, 0.15) is 46.9 Å². The molecule has 0 radical (unpaired) electrons. The Kier molecular flexibility index (Phi) is 3.18. The van der Waals surface area contributed by atoms with Gasteiger partial charge in [0, 0.05) is 23.1 Å². The first-order valence-corrected chi connectivity index (χ1v) is 6.90. The van der Waals surface area contributed by atoms with Crippen LogP contribution in [0.4, 0.5) is 0 Å². The number of rotatable bonds is 2. The number of allylic oxidation sites excluding steroid dienone is 2. The highest BCUT2D eigenvalue weighted by Crippen LogP contribution is 2.39. The van der Waals surface area contributed by atoms with Gasteiger partial charge in [-0.3, -0.25) is 9.59 Å². The lowest BCUT2D eigenvalue weighted by molar-refractivity contribution is -0.0865. The molecule has 0 saturated carbocycles. The van der Waals surface area contributed by atoms with E-state index in [9.17, 15) is 14.7 Å². The zero-order chi connectivity index (χ0) is 14.3. The maximum absolute atomic E-state index is 12.6. The van der Waals surface area contributed by atoms with E-state index in [1.807, 2.05) is 6.92 Å². The molecule has 1 heterocycles. The van der Waals surface area contributed by atoms with E-state index in [0.717, 1.165) is 12.8 Å². The normalized spacial score (nSPS) is 25.1. The Morgan fingerprint density at radius 3 is 2.50 bits per heavy atom. The number of hydrogen-bond donors (Lipinski definition) is 1. The third-order valence-corrected chi connectivity index (χ3v) is 3.90. The summed E-state index contributed by atoms with van der Waals surface area (Å²) in [6.07, 6.45) is 1.01. The van der Waals surface area contributed by atoms with Crippen molar-refractivity contribution in [3.05, 3.63) is 46.7 Å². The summed E-state index contributed by atoms with van der Waals surface area (Å²) in [7, 11) is 0. The highest BCUT2D eigenvalue weighted by Gasteiger charge is 2.41. The number of fused-ring (bicyclic) bond motifs is 1. The number of hydrogen-bond acceptors (Lipinski definition) is 4. The lowest BCUT2D eigenvalue weighted by atomic mass is 9.78. The Morgan fingerprint density at radius 2 is 1.85 bits per heavy atom. The van der Waals surface area contributed by atoms with E-state index in [4.69, 9.17) is 4.74 Å². The van der Waals surface area contributed by atoms with Crippen molar-refractivity contribution in [2.24, 2.45) is 5.92 Å². The van der Waals surface area contributed by atoms with Gasteiger partial charge in [0.05, 0.1) is 0 Å². The van der Waals surface area contributed by atoms with Gasteiger partial charge in [0.25, 0.3) is 0 Å². The van der Waals surface area contributed by atoms with E-state index in [0.29, 0.717) is 23.1 Å². The number of aliphatic hydroxyl groups excluding tert-OH is 1. The van der Waals surface area contributed by atoms with Crippen molar-refractivity contribution in [3.63, 3.8) is 0 Å². The Morgan fingerprint density at radius 1 is 1.20 bits per heavy atom. The summed E-state index contributed by atoms with van der Waals surface area (Å²) < 4.78 is 5.27. The van der Waals surface area contributed by atoms with Gasteiger partial charge in [-0.15, -0.1) is 0 Å². The number of carbonyl (C=O) groups is 2. The molecule has 2 aliphatic rings. The topological polar surface area (TPSA) is 63.6 Å². The monoisotopic (exact) mass is 272 g/mol. The first-order valence-electron chi connectivity index (χ1n) is 6.90. The Bertz CT molecular complexity index is 615. The highest BCUT2D eigenvalue weighted by atomic mass is 16.6. The first-order chi connectivity index (χ1) is 9.63. The minimum Gasteiger partial charge on any atom is -0.461 e. The Labute approximate surface area is 117 Å². The van der Waals surface area contributed by atoms with Crippen molar-refractivity contribution in [2.45, 2.75) is 32.5 Å². The second-order valence-electron chi connectivity index (χ2n) is 5.24. The molecule has 1 aliphatic carbocycles. The van der Waals surface area contributed by atoms with Gasteiger partial charge >= 0.3 is 0 Å². The van der Waals surface area contributed by atoms with Crippen LogP contribution in [-0.2, 0) is 4.74 Å². The molecule has 0 fully saturated rings. The summed E-state index contributed by atoms with van der Waals surface area (Å²) in [6, 6.07) is 6.77. The minimum atomic E-state index is -1.01. The standard InChI is InChI=1S/C16H16O4/c1-2-5-9-8-12(17)20-16-13(9)14(18)10-6-3-4-7-11(10)15(16)19/h3-4,6-7,9,12,17H,2,5,8H2,1H3/t9-,12?/m1/s1. The molecule has 2 atom stereocenters. The van der Waals surface area contributed by atoms with Crippen molar-refractivity contribution in [1.82, 2.24) is 0 Å². The zero-order valence-electron chi connectivity index (χ0n) is 11.3. The third-order valence-electron chi connectivity index (χ3n) is 3.90. The van der Waals surface area contributed by atoms with Gasteiger partial charge in [-0.1, -0.05) is 37.6 Å². The molecule has 1 aromatic rings. The maximum atomic E-state index is 12.6. The summed E-state index contributed by atoms with van der Waals surface area (Å²) in [5.74, 6) is -0.495. The van der Waals surface area contributed by atoms with Crippen LogP contribution in [0.25, 0.3) is 0 Å². The molecule has 4 heteroatoms. The van der Waals surface area contributed by atoms with E-state index in [-0.39, 0.29) is 23.2 Å². The summed E-state index contributed by atoms with van der Waals surface area (Å²) in [5, 5.41) is 9.78. The number of Topliss-reactive ketones (excluding diaryl/α,β-unsaturated/α-hetero) is 2. The average molecular weight is 272 g/mol. The first kappa shape index (κ1) is 13.1. The molecule has 3 rings (SSSR count). The molecule has 0 bridgehead atoms. The van der Waals surface area contributed by atoms with Crippen molar-refractivity contribution >= 4 is 11.6 Å². The molecule has 20 heavy (non-hydrogen) atoms. The minimum absolute atomic E-state index is 0.0471. The fourth-order valence-corrected chi connectivity index (χ4v) is 3.02. The average Bonchev–Trinajstić information content (AvgIpc) is 2.44. The van der Waals surface area contributed by atoms with Gasteiger partial charge in [-0.05, 0) is 12.3 Å². The van der Waals surface area contributed by atoms with Gasteiger partial charge in [0.15, 0.2) is 17.8 Å². The summed E-state index contributed by atoms with van der Waals surface area (Å²) in [4.78, 5) is 25.1. The lowest BCUT2D eigenvalue weighted by Crippen LogP contribution is -2.35. The zero-order valence-corrected chi connectivity index (χ0v) is 11.3. The van der Waals surface area contributed by atoms with Crippen LogP contribution in [0.5, 0.6) is 0 Å². The van der Waals surface area contributed by atoms with E-state index < -0.39 is 6.29 Å². The molecule has 1 N–H and O–H groups in total. The maximum Gasteiger partial charge on any atom is 0.228 e. The van der Waals surface area contributed by atoms with E-state index in [2.05, 4.69) is 0 Å². The number of carbonyl (C=O) groups excluding carboxylic acids is 2. The summed E-state index contributed by atoms with van der Waals surface area (Å²) >= 11 is 0. The van der Waals surface area contributed by atoms with Crippen LogP contribution in [0, 0.1) is 5.92 Å². The number of aliphatic hydroxyl groups is 1. The molecule has 104 valence electrons. The van der Waals surface area contributed by atoms with Crippen LogP contribution >= 0.6 is 0 Å². The molecule has 0 saturated heterocycles. The van der Waals surface area contributed by atoms with E-state index in [1.165, 1.54) is 0 Å². The van der Waals surface area contributed by atoms with Crippen molar-refractivity contribution in [3.8, 4) is 0 Å². The smallest absolute Gasteiger partial charge is 0.228 e. The molecule has 0 amide bonds. The number of ketones is 2. The summed E-state index contributed by atoms with van der Waals surface area (Å²) in [5.41, 5.74) is 1.25. The summed E-state index contributed by atoms with van der Waals surface area (Å²) in [6.45, 7) is 2.02. The van der Waals surface area contributed by atoms with E-state index in [1.54, 1.807) is 24.3 Å². The molecule has 0 aromatic heterocycles. The van der Waals surface area contributed by atoms with Gasteiger partial charge in [-0.25, -0.2) is 0 Å².